The van der Waals surface area contributed by atoms with Crippen molar-refractivity contribution in [3.63, 3.8) is 0 Å². The molecule has 24 heavy (non-hydrogen) atoms. The molecule has 3 aliphatic rings. The quantitative estimate of drug-likeness (QED) is 0.851. The van der Waals surface area contributed by atoms with Gasteiger partial charge in [-0.2, -0.15) is 0 Å². The molecule has 1 aliphatic carbocycles. The second-order valence-electron chi connectivity index (χ2n) is 7.38. The van der Waals surface area contributed by atoms with Crippen molar-refractivity contribution in [2.24, 2.45) is 5.92 Å². The molecular formula is C19H29N3O2. The molecule has 3 fully saturated rings. The highest BCUT2D eigenvalue weighted by Crippen LogP contribution is 2.38. The van der Waals surface area contributed by atoms with Crippen LogP contribution in [-0.4, -0.2) is 61.6 Å². The van der Waals surface area contributed by atoms with Crippen LogP contribution in [-0.2, 0) is 9.47 Å². The van der Waals surface area contributed by atoms with E-state index >= 15 is 0 Å². The van der Waals surface area contributed by atoms with E-state index in [0.29, 0.717) is 0 Å². The Kier molecular flexibility index (Phi) is 5.01. The molecule has 0 radical (unpaired) electrons. The maximum Gasteiger partial charge on any atom is 0.168 e. The summed E-state index contributed by atoms with van der Waals surface area (Å²) in [4.78, 5) is 9.59. The van der Waals surface area contributed by atoms with Gasteiger partial charge < -0.3 is 19.3 Å². The van der Waals surface area contributed by atoms with Crippen molar-refractivity contribution < 1.29 is 9.47 Å². The van der Waals surface area contributed by atoms with Gasteiger partial charge in [0.1, 0.15) is 5.82 Å². The molecule has 2 saturated heterocycles. The minimum atomic E-state index is -0.217. The van der Waals surface area contributed by atoms with E-state index in [1.54, 1.807) is 0 Å². The van der Waals surface area contributed by atoms with Gasteiger partial charge in [0.15, 0.2) is 5.79 Å². The lowest BCUT2D eigenvalue weighted by Crippen LogP contribution is -2.40. The minimum absolute atomic E-state index is 0.217. The first-order valence-electron chi connectivity index (χ1n) is 9.49. The van der Waals surface area contributed by atoms with Crippen LogP contribution in [0.3, 0.4) is 0 Å². The molecule has 1 spiro atoms. The highest BCUT2D eigenvalue weighted by molar-refractivity contribution is 5.37. The average molecular weight is 331 g/mol. The van der Waals surface area contributed by atoms with E-state index in [9.17, 15) is 0 Å². The number of hydrogen-bond donors (Lipinski definition) is 0. The number of pyridine rings is 1. The number of rotatable bonds is 3. The lowest BCUT2D eigenvalue weighted by molar-refractivity contribution is -0.183. The zero-order valence-corrected chi connectivity index (χ0v) is 14.5. The Labute approximate surface area is 144 Å². The number of nitrogens with zero attached hydrogens (tertiary/aromatic N) is 3. The van der Waals surface area contributed by atoms with Crippen molar-refractivity contribution in [3.8, 4) is 0 Å². The summed E-state index contributed by atoms with van der Waals surface area (Å²) in [6.07, 6.45) is 7.74. The Morgan fingerprint density at radius 1 is 1.04 bits per heavy atom. The van der Waals surface area contributed by atoms with Gasteiger partial charge in [-0.25, -0.2) is 4.98 Å². The monoisotopic (exact) mass is 331 g/mol. The highest BCUT2D eigenvalue weighted by Gasteiger charge is 2.40. The van der Waals surface area contributed by atoms with Crippen LogP contribution >= 0.6 is 0 Å². The topological polar surface area (TPSA) is 37.8 Å². The molecule has 0 bridgehead atoms. The first-order valence-corrected chi connectivity index (χ1v) is 9.49. The summed E-state index contributed by atoms with van der Waals surface area (Å²) in [5.74, 6) is 1.70. The van der Waals surface area contributed by atoms with Crippen molar-refractivity contribution in [1.82, 2.24) is 9.88 Å². The lowest BCUT2D eigenvalue weighted by atomic mass is 9.84. The van der Waals surface area contributed by atoms with E-state index in [-0.39, 0.29) is 5.79 Å². The van der Waals surface area contributed by atoms with Gasteiger partial charge in [-0.3, -0.25) is 0 Å². The molecule has 3 heterocycles. The molecule has 2 aliphatic heterocycles. The zero-order chi connectivity index (χ0) is 16.2. The Morgan fingerprint density at radius 3 is 2.62 bits per heavy atom. The van der Waals surface area contributed by atoms with E-state index < -0.39 is 0 Å². The van der Waals surface area contributed by atoms with Crippen LogP contribution in [0.5, 0.6) is 0 Å². The molecule has 1 saturated carbocycles. The minimum Gasteiger partial charge on any atom is -0.355 e. The van der Waals surface area contributed by atoms with Crippen LogP contribution in [0.4, 0.5) is 5.82 Å². The Bertz CT molecular complexity index is 509. The summed E-state index contributed by atoms with van der Waals surface area (Å²) >= 11 is 0. The predicted octanol–water partition coefficient (Wildman–Crippen LogP) is 2.53. The number of ether oxygens (including phenoxy) is 2. The predicted molar refractivity (Wildman–Crippen MR) is 94.1 cm³/mol. The van der Waals surface area contributed by atoms with Crippen molar-refractivity contribution >= 4 is 5.82 Å². The third-order valence-corrected chi connectivity index (χ3v) is 5.76. The summed E-state index contributed by atoms with van der Waals surface area (Å²) in [5.41, 5.74) is 0. The summed E-state index contributed by atoms with van der Waals surface area (Å²) in [6.45, 7) is 7.33. The van der Waals surface area contributed by atoms with E-state index in [1.807, 2.05) is 12.3 Å². The molecule has 0 N–H and O–H groups in total. The van der Waals surface area contributed by atoms with Crippen LogP contribution in [0.1, 0.15) is 32.1 Å². The highest BCUT2D eigenvalue weighted by atomic mass is 16.7. The van der Waals surface area contributed by atoms with Crippen LogP contribution in [0, 0.1) is 5.92 Å². The van der Waals surface area contributed by atoms with E-state index in [0.717, 1.165) is 57.4 Å². The molecule has 132 valence electrons. The Morgan fingerprint density at radius 2 is 1.88 bits per heavy atom. The standard InChI is InChI=1S/C19H29N3O2/c1-2-9-20-18(4-1)22-11-3-10-21(12-13-22)16-17-5-7-19(8-6-17)23-14-15-24-19/h1-2,4,9,17H,3,5-8,10-16H2. The van der Waals surface area contributed by atoms with E-state index in [4.69, 9.17) is 9.47 Å². The average Bonchev–Trinajstić information content (AvgIpc) is 2.95. The molecule has 0 unspecified atom stereocenters. The molecule has 5 heteroatoms. The van der Waals surface area contributed by atoms with Gasteiger partial charge in [-0.1, -0.05) is 6.07 Å². The van der Waals surface area contributed by atoms with Gasteiger partial charge in [0.05, 0.1) is 13.2 Å². The Hall–Kier alpha value is -1.17. The normalized spacial score (nSPS) is 25.9. The van der Waals surface area contributed by atoms with Gasteiger partial charge in [0.2, 0.25) is 0 Å². The number of aromatic nitrogens is 1. The number of anilines is 1. The summed E-state index contributed by atoms with van der Waals surface area (Å²) < 4.78 is 11.7. The molecule has 5 nitrogen and oxygen atoms in total. The lowest BCUT2D eigenvalue weighted by Gasteiger charge is -2.37. The zero-order valence-electron chi connectivity index (χ0n) is 14.5. The first-order chi connectivity index (χ1) is 11.8. The van der Waals surface area contributed by atoms with Crippen LogP contribution in [0.15, 0.2) is 24.4 Å². The van der Waals surface area contributed by atoms with Gasteiger partial charge in [0, 0.05) is 45.2 Å². The SMILES string of the molecule is c1ccc(N2CCCN(CC3CCC4(CC3)OCCO4)CC2)nc1. The summed E-state index contributed by atoms with van der Waals surface area (Å²) in [6, 6.07) is 6.19. The third-order valence-electron chi connectivity index (χ3n) is 5.76. The summed E-state index contributed by atoms with van der Waals surface area (Å²) in [7, 11) is 0. The van der Waals surface area contributed by atoms with Crippen LogP contribution < -0.4 is 4.90 Å². The number of hydrogen-bond acceptors (Lipinski definition) is 5. The van der Waals surface area contributed by atoms with Crippen molar-refractivity contribution in [2.45, 2.75) is 37.9 Å². The first kappa shape index (κ1) is 16.3. The van der Waals surface area contributed by atoms with E-state index in [1.165, 1.54) is 32.4 Å². The van der Waals surface area contributed by atoms with Crippen molar-refractivity contribution in [3.05, 3.63) is 24.4 Å². The van der Waals surface area contributed by atoms with Crippen molar-refractivity contribution in [1.29, 1.82) is 0 Å². The van der Waals surface area contributed by atoms with Crippen LogP contribution in [0.25, 0.3) is 0 Å². The van der Waals surface area contributed by atoms with Crippen LogP contribution in [0.2, 0.25) is 0 Å². The molecule has 4 rings (SSSR count). The summed E-state index contributed by atoms with van der Waals surface area (Å²) in [5, 5.41) is 0. The molecular weight excluding hydrogens is 302 g/mol. The second-order valence-corrected chi connectivity index (χ2v) is 7.38. The van der Waals surface area contributed by atoms with Gasteiger partial charge in [-0.05, 0) is 43.9 Å². The molecule has 1 aromatic heterocycles. The van der Waals surface area contributed by atoms with Crippen molar-refractivity contribution in [2.75, 3.05) is 50.8 Å². The fourth-order valence-electron chi connectivity index (χ4n) is 4.37. The maximum atomic E-state index is 5.85. The van der Waals surface area contributed by atoms with Gasteiger partial charge in [-0.15, -0.1) is 0 Å². The maximum absolute atomic E-state index is 5.85. The van der Waals surface area contributed by atoms with Gasteiger partial charge >= 0.3 is 0 Å². The molecule has 0 aromatic carbocycles. The fourth-order valence-corrected chi connectivity index (χ4v) is 4.37. The third kappa shape index (κ3) is 3.73. The molecule has 0 atom stereocenters. The molecule has 0 amide bonds. The fraction of sp³-hybridized carbons (Fsp3) is 0.737. The van der Waals surface area contributed by atoms with Gasteiger partial charge in [0.25, 0.3) is 0 Å². The second kappa shape index (κ2) is 7.38. The smallest absolute Gasteiger partial charge is 0.168 e. The molecule has 1 aromatic rings. The Balaban J connectivity index is 1.26. The largest absolute Gasteiger partial charge is 0.355 e. The van der Waals surface area contributed by atoms with E-state index in [2.05, 4.69) is 26.9 Å².